The summed E-state index contributed by atoms with van der Waals surface area (Å²) in [5.41, 5.74) is -4.73. The van der Waals surface area contributed by atoms with E-state index in [-0.39, 0.29) is 17.7 Å². The lowest BCUT2D eigenvalue weighted by Crippen LogP contribution is -2.37. The molecule has 200 valence electrons. The fourth-order valence-electron chi connectivity index (χ4n) is 3.25. The Morgan fingerprint density at radius 3 is 2.11 bits per heavy atom. The third-order valence-corrected chi connectivity index (χ3v) is 5.35. The van der Waals surface area contributed by atoms with Gasteiger partial charge in [-0.3, -0.25) is 9.59 Å². The third kappa shape index (κ3) is 7.63. The maximum atomic E-state index is 13.6. The monoisotopic (exact) mass is 558 g/mol. The summed E-state index contributed by atoms with van der Waals surface area (Å²) in [6, 6.07) is 0.519. The summed E-state index contributed by atoms with van der Waals surface area (Å²) in [5.74, 6) is -2.41. The van der Waals surface area contributed by atoms with Gasteiger partial charge in [0.05, 0.1) is 16.7 Å². The molecule has 1 aliphatic rings. The largest absolute Gasteiger partial charge is 0.417 e. The highest BCUT2D eigenvalue weighted by atomic mass is 35.5. The lowest BCUT2D eigenvalue weighted by atomic mass is 10.0. The summed E-state index contributed by atoms with van der Waals surface area (Å²) in [5, 5.41) is 3.24. The van der Waals surface area contributed by atoms with Gasteiger partial charge >= 0.3 is 18.5 Å². The quantitative estimate of drug-likeness (QED) is 0.306. The summed E-state index contributed by atoms with van der Waals surface area (Å²) in [4.78, 5) is 24.3. The highest BCUT2D eigenvalue weighted by Crippen LogP contribution is 2.38. The molecular weight excluding hydrogens is 543 g/mol. The smallest absolute Gasteiger partial charge is 0.349 e. The summed E-state index contributed by atoms with van der Waals surface area (Å²) >= 11 is 5.53. The summed E-state index contributed by atoms with van der Waals surface area (Å²) in [7, 11) is 0. The van der Waals surface area contributed by atoms with E-state index < -0.39 is 63.7 Å². The average Bonchev–Trinajstić information content (AvgIpc) is 3.57. The number of rotatable bonds is 6. The van der Waals surface area contributed by atoms with Crippen LogP contribution in [0.1, 0.15) is 51.5 Å². The van der Waals surface area contributed by atoms with Crippen LogP contribution >= 0.6 is 11.6 Å². The SMILES string of the molecule is O=C(/C=C/c1ccc(C(=O)NC2CC2)c(C(F)(F)F)c1)NC(c1cc(Cl)cc(C(F)(F)F)c1)C(F)(F)F. The highest BCUT2D eigenvalue weighted by molar-refractivity contribution is 6.30. The maximum Gasteiger partial charge on any atom is 0.417 e. The molecule has 37 heavy (non-hydrogen) atoms. The standard InChI is InChI=1S/C23H16ClF9N2O2/c24-14-9-12(8-13(10-14)21(25,26)27)19(23(31,32)33)35-18(36)6-2-11-1-5-16(17(7-11)22(28,29)30)20(37)34-15-3-4-15/h1-2,5-10,15,19H,3-4H2,(H,34,37)(H,35,36)/b6-2+. The number of carbonyl (C=O) groups is 2. The Hall–Kier alpha value is -3.22. The van der Waals surface area contributed by atoms with Gasteiger partial charge in [0.2, 0.25) is 5.91 Å². The van der Waals surface area contributed by atoms with Crippen LogP contribution in [0.3, 0.4) is 0 Å². The molecule has 1 atom stereocenters. The Bertz CT molecular complexity index is 1220. The molecule has 2 aromatic rings. The first-order valence-corrected chi connectivity index (χ1v) is 10.8. The van der Waals surface area contributed by atoms with E-state index in [1.165, 1.54) is 5.32 Å². The first-order valence-electron chi connectivity index (χ1n) is 10.4. The molecule has 2 N–H and O–H groups in total. The van der Waals surface area contributed by atoms with E-state index in [1.807, 2.05) is 0 Å². The van der Waals surface area contributed by atoms with Gasteiger partial charge in [-0.2, -0.15) is 39.5 Å². The van der Waals surface area contributed by atoms with Gasteiger partial charge in [-0.15, -0.1) is 0 Å². The van der Waals surface area contributed by atoms with Crippen molar-refractivity contribution in [2.45, 2.75) is 43.5 Å². The number of halogens is 10. The number of hydrogen-bond donors (Lipinski definition) is 2. The molecule has 1 fully saturated rings. The van der Waals surface area contributed by atoms with Crippen LogP contribution in [0.4, 0.5) is 39.5 Å². The zero-order chi connectivity index (χ0) is 27.8. The van der Waals surface area contributed by atoms with Gasteiger partial charge in [-0.05, 0) is 60.4 Å². The average molecular weight is 559 g/mol. The Morgan fingerprint density at radius 1 is 0.919 bits per heavy atom. The zero-order valence-electron chi connectivity index (χ0n) is 18.3. The number of benzene rings is 2. The number of amides is 2. The molecule has 2 aromatic carbocycles. The predicted molar refractivity (Wildman–Crippen MR) is 114 cm³/mol. The molecule has 1 saturated carbocycles. The van der Waals surface area contributed by atoms with Crippen LogP contribution in [0.2, 0.25) is 5.02 Å². The van der Waals surface area contributed by atoms with Gasteiger partial charge in [-0.1, -0.05) is 17.7 Å². The zero-order valence-corrected chi connectivity index (χ0v) is 19.0. The maximum absolute atomic E-state index is 13.6. The number of hydrogen-bond acceptors (Lipinski definition) is 2. The molecule has 0 radical (unpaired) electrons. The normalized spacial score (nSPS) is 15.5. The van der Waals surface area contributed by atoms with Gasteiger partial charge in [0.15, 0.2) is 6.04 Å². The molecule has 3 rings (SSSR count). The lowest BCUT2D eigenvalue weighted by Gasteiger charge is -2.22. The van der Waals surface area contributed by atoms with E-state index >= 15 is 0 Å². The van der Waals surface area contributed by atoms with E-state index in [0.717, 1.165) is 18.2 Å². The second-order valence-electron chi connectivity index (χ2n) is 8.14. The minimum Gasteiger partial charge on any atom is -0.349 e. The van der Waals surface area contributed by atoms with Crippen molar-refractivity contribution in [3.8, 4) is 0 Å². The van der Waals surface area contributed by atoms with Crippen LogP contribution in [-0.4, -0.2) is 24.0 Å². The van der Waals surface area contributed by atoms with E-state index in [1.54, 1.807) is 0 Å². The minimum absolute atomic E-state index is 0.176. The van der Waals surface area contributed by atoms with E-state index in [9.17, 15) is 49.1 Å². The van der Waals surface area contributed by atoms with E-state index in [4.69, 9.17) is 11.6 Å². The van der Waals surface area contributed by atoms with Crippen molar-refractivity contribution in [3.05, 3.63) is 75.3 Å². The first-order chi connectivity index (χ1) is 16.9. The second kappa shape index (κ2) is 10.3. The van der Waals surface area contributed by atoms with Crippen molar-refractivity contribution in [2.75, 3.05) is 0 Å². The van der Waals surface area contributed by atoms with E-state index in [2.05, 4.69) is 5.32 Å². The molecule has 0 aliphatic heterocycles. The van der Waals surface area contributed by atoms with Crippen LogP contribution in [0.25, 0.3) is 6.08 Å². The minimum atomic E-state index is -5.24. The van der Waals surface area contributed by atoms with Crippen molar-refractivity contribution in [3.63, 3.8) is 0 Å². The summed E-state index contributed by atoms with van der Waals surface area (Å²) < 4.78 is 120. The molecule has 14 heteroatoms. The van der Waals surface area contributed by atoms with Gasteiger partial charge < -0.3 is 10.6 Å². The molecule has 0 heterocycles. The number of alkyl halides is 9. The van der Waals surface area contributed by atoms with Crippen LogP contribution in [0, 0.1) is 0 Å². The van der Waals surface area contributed by atoms with Crippen molar-refractivity contribution < 1.29 is 49.1 Å². The van der Waals surface area contributed by atoms with Crippen molar-refractivity contribution in [1.82, 2.24) is 10.6 Å². The first kappa shape index (κ1) is 28.4. The van der Waals surface area contributed by atoms with Crippen molar-refractivity contribution in [1.29, 1.82) is 0 Å². The second-order valence-corrected chi connectivity index (χ2v) is 8.57. The topological polar surface area (TPSA) is 58.2 Å². The summed E-state index contributed by atoms with van der Waals surface area (Å²) in [6.45, 7) is 0. The molecule has 2 amide bonds. The molecule has 4 nitrogen and oxygen atoms in total. The Balaban J connectivity index is 1.85. The molecule has 1 unspecified atom stereocenters. The van der Waals surface area contributed by atoms with E-state index in [0.29, 0.717) is 37.1 Å². The Labute approximate surface area is 208 Å². The van der Waals surface area contributed by atoms with Crippen LogP contribution < -0.4 is 10.6 Å². The Morgan fingerprint density at radius 2 is 1.57 bits per heavy atom. The van der Waals surface area contributed by atoms with Crippen LogP contribution in [0.5, 0.6) is 0 Å². The summed E-state index contributed by atoms with van der Waals surface area (Å²) in [6.07, 6.45) is -12.7. The van der Waals surface area contributed by atoms with Gasteiger partial charge in [-0.25, -0.2) is 0 Å². The fraction of sp³-hybridized carbons (Fsp3) is 0.304. The fourth-order valence-corrected chi connectivity index (χ4v) is 3.49. The molecule has 0 spiro atoms. The van der Waals surface area contributed by atoms with Gasteiger partial charge in [0.25, 0.3) is 5.91 Å². The predicted octanol–water partition coefficient (Wildman–Crippen LogP) is 6.70. The van der Waals surface area contributed by atoms with Crippen molar-refractivity contribution >= 4 is 29.5 Å². The molecule has 0 aromatic heterocycles. The van der Waals surface area contributed by atoms with Crippen LogP contribution in [-0.2, 0) is 17.1 Å². The molecule has 0 saturated heterocycles. The van der Waals surface area contributed by atoms with Gasteiger partial charge in [0, 0.05) is 17.1 Å². The van der Waals surface area contributed by atoms with Crippen molar-refractivity contribution in [2.24, 2.45) is 0 Å². The lowest BCUT2D eigenvalue weighted by molar-refractivity contribution is -0.162. The number of carbonyl (C=O) groups excluding carboxylic acids is 2. The van der Waals surface area contributed by atoms with Gasteiger partial charge in [0.1, 0.15) is 0 Å². The highest BCUT2D eigenvalue weighted by Gasteiger charge is 2.43. The number of nitrogens with one attached hydrogen (secondary N) is 2. The Kier molecular flexibility index (Phi) is 7.87. The molecular formula is C23H16ClF9N2O2. The molecule has 1 aliphatic carbocycles. The van der Waals surface area contributed by atoms with Crippen LogP contribution in [0.15, 0.2) is 42.5 Å². The third-order valence-electron chi connectivity index (χ3n) is 5.13. The molecule has 0 bridgehead atoms.